The fourth-order valence-electron chi connectivity index (χ4n) is 0.207. The van der Waals surface area contributed by atoms with Gasteiger partial charge in [-0.2, -0.15) is 0 Å². The summed E-state index contributed by atoms with van der Waals surface area (Å²) in [6.07, 6.45) is 1.62. The van der Waals surface area contributed by atoms with Crippen molar-refractivity contribution in [2.24, 2.45) is 0 Å². The summed E-state index contributed by atoms with van der Waals surface area (Å²) in [6.45, 7) is 0. The summed E-state index contributed by atoms with van der Waals surface area (Å²) in [6, 6.07) is 0. The second-order valence-corrected chi connectivity index (χ2v) is 3.60. The average Bonchev–Trinajstić information content (AvgIpc) is 1.86. The molecule has 0 fully saturated rings. The Balaban J connectivity index is 3.05. The molecule has 0 aliphatic heterocycles. The van der Waals surface area contributed by atoms with Crippen LogP contribution in [0.15, 0.2) is 6.33 Å². The zero-order valence-corrected chi connectivity index (χ0v) is 9.07. The first-order valence-electron chi connectivity index (χ1n) is 1.56. The van der Waals surface area contributed by atoms with Crippen LogP contribution in [-0.4, -0.2) is 41.2 Å². The third kappa shape index (κ3) is 0.675. The van der Waals surface area contributed by atoms with Crippen LogP contribution in [0.25, 0.3) is 0 Å². The Labute approximate surface area is 48.0 Å². The van der Waals surface area contributed by atoms with Crippen LogP contribution in [0.2, 0.25) is 0 Å². The molecule has 0 atom stereocenters. The number of rotatable bonds is 0. The van der Waals surface area contributed by atoms with Crippen LogP contribution in [0.4, 0.5) is 0 Å². The number of hydrogen-bond acceptors (Lipinski definition) is 3. The van der Waals surface area contributed by atoms with Gasteiger partial charge in [0.05, 0.1) is 0 Å². The van der Waals surface area contributed by atoms with E-state index >= 15 is 0 Å². The number of tetrazole rings is 1. The van der Waals surface area contributed by atoms with Gasteiger partial charge in [-0.25, -0.2) is 0 Å². The zero-order valence-electron chi connectivity index (χ0n) is 3.37. The van der Waals surface area contributed by atoms with Crippen molar-refractivity contribution in [1.29, 1.82) is 0 Å². The maximum absolute atomic E-state index is 3.57. The van der Waals surface area contributed by atoms with Crippen LogP contribution in [0.5, 0.6) is 0 Å². The van der Waals surface area contributed by atoms with Crippen LogP contribution in [0, 0.1) is 0 Å². The van der Waals surface area contributed by atoms with Crippen LogP contribution in [0.1, 0.15) is 0 Å². The first kappa shape index (κ1) is 4.04. The molecule has 0 saturated heterocycles. The van der Waals surface area contributed by atoms with E-state index in [1.807, 2.05) is 0 Å². The zero-order chi connectivity index (χ0) is 4.41. The Morgan fingerprint density at radius 3 is 2.67 bits per heavy atom. The molecule has 0 aromatic carbocycles. The standard InChI is InChI=1S/CHN4.Sn.3H/c1-2-4-5-3-1;;;;/h1H;;;;/q-1;+1;;;. The molecular weight excluding hydrogens is 187 g/mol. The molecule has 0 unspecified atom stereocenters. The molecule has 0 aliphatic rings. The molecule has 0 bridgehead atoms. The third-order valence-electron chi connectivity index (χ3n) is 0.451. The Hall–Kier alpha value is -0.131. The molecule has 0 radical (unpaired) electrons. The first-order chi connectivity index (χ1) is 2.89. The normalized spacial score (nSPS) is 9.33. The van der Waals surface area contributed by atoms with Crippen LogP contribution in [-0.2, 0) is 0 Å². The molecule has 4 nitrogen and oxygen atoms in total. The van der Waals surface area contributed by atoms with Crippen LogP contribution >= 0.6 is 0 Å². The molecule has 1 aromatic heterocycles. The number of hydrogen-bond donors (Lipinski definition) is 0. The van der Waals surface area contributed by atoms with Gasteiger partial charge in [0.15, 0.2) is 0 Å². The predicted octanol–water partition coefficient (Wildman–Crippen LogP) is -2.20. The topological polar surface area (TPSA) is 43.6 Å². The SMILES string of the molecule is [SnH3][n]1cnnn1. The Morgan fingerprint density at radius 1 is 1.67 bits per heavy atom. The molecule has 1 rings (SSSR count). The van der Waals surface area contributed by atoms with Gasteiger partial charge in [0.25, 0.3) is 0 Å². The van der Waals surface area contributed by atoms with Gasteiger partial charge in [0.2, 0.25) is 0 Å². The van der Waals surface area contributed by atoms with Crippen molar-refractivity contribution in [2.45, 2.75) is 0 Å². The minimum absolute atomic E-state index is 0.422. The number of nitrogens with zero attached hydrogens (tertiary/aromatic N) is 4. The fraction of sp³-hybridized carbons (Fsp3) is 0. The van der Waals surface area contributed by atoms with Crippen molar-refractivity contribution >= 4 is 22.8 Å². The summed E-state index contributed by atoms with van der Waals surface area (Å²) in [5.41, 5.74) is 0. The quantitative estimate of drug-likeness (QED) is 0.437. The maximum atomic E-state index is 3.57. The Kier molecular flexibility index (Phi) is 1.04. The van der Waals surface area contributed by atoms with Crippen molar-refractivity contribution < 1.29 is 0 Å². The van der Waals surface area contributed by atoms with Gasteiger partial charge >= 0.3 is 47.6 Å². The van der Waals surface area contributed by atoms with E-state index in [1.165, 1.54) is 0 Å². The van der Waals surface area contributed by atoms with E-state index in [9.17, 15) is 0 Å². The molecule has 32 valence electrons. The van der Waals surface area contributed by atoms with Crippen molar-refractivity contribution in [2.75, 3.05) is 0 Å². The van der Waals surface area contributed by atoms with Gasteiger partial charge in [-0.15, -0.1) is 0 Å². The first-order valence-corrected chi connectivity index (χ1v) is 4.12. The van der Waals surface area contributed by atoms with Crippen LogP contribution in [0.3, 0.4) is 0 Å². The number of aromatic nitrogens is 4. The molecule has 1 aromatic rings. The summed E-state index contributed by atoms with van der Waals surface area (Å²) in [5, 5.41) is 10.4. The van der Waals surface area contributed by atoms with Crippen molar-refractivity contribution in [3.05, 3.63) is 6.33 Å². The van der Waals surface area contributed by atoms with Gasteiger partial charge in [0.1, 0.15) is 0 Å². The summed E-state index contributed by atoms with van der Waals surface area (Å²) < 4.78 is 1.74. The van der Waals surface area contributed by atoms with Gasteiger partial charge < -0.3 is 0 Å². The van der Waals surface area contributed by atoms with E-state index in [0.717, 1.165) is 0 Å². The minimum atomic E-state index is 0.422. The average molecular weight is 191 g/mol. The molecule has 0 amide bonds. The van der Waals surface area contributed by atoms with E-state index in [-0.39, 0.29) is 0 Å². The Bertz CT molecular complexity index is 111. The van der Waals surface area contributed by atoms with E-state index in [2.05, 4.69) is 15.5 Å². The summed E-state index contributed by atoms with van der Waals surface area (Å²) in [7, 11) is 0. The van der Waals surface area contributed by atoms with Gasteiger partial charge in [0, 0.05) is 0 Å². The van der Waals surface area contributed by atoms with Crippen molar-refractivity contribution in [3.8, 4) is 0 Å². The molecule has 1 heterocycles. The summed E-state index contributed by atoms with van der Waals surface area (Å²) in [5.74, 6) is 0. The predicted molar refractivity (Wildman–Crippen MR) is 23.2 cm³/mol. The van der Waals surface area contributed by atoms with E-state index in [0.29, 0.717) is 22.8 Å². The summed E-state index contributed by atoms with van der Waals surface area (Å²) >= 11 is 0.422. The molecule has 0 aliphatic carbocycles. The molecule has 5 heteroatoms. The molecular formula is CH4N4Sn. The van der Waals surface area contributed by atoms with E-state index < -0.39 is 0 Å². The van der Waals surface area contributed by atoms with Crippen molar-refractivity contribution in [1.82, 2.24) is 18.4 Å². The molecule has 0 saturated carbocycles. The third-order valence-corrected chi connectivity index (χ3v) is 1.62. The molecule has 6 heavy (non-hydrogen) atoms. The summed E-state index contributed by atoms with van der Waals surface area (Å²) in [4.78, 5) is 0. The monoisotopic (exact) mass is 192 g/mol. The Morgan fingerprint density at radius 2 is 2.50 bits per heavy atom. The van der Waals surface area contributed by atoms with E-state index in [4.69, 9.17) is 0 Å². The second-order valence-electron chi connectivity index (χ2n) is 0.983. The fourth-order valence-corrected chi connectivity index (χ4v) is 0.730. The van der Waals surface area contributed by atoms with Crippen LogP contribution < -0.4 is 0 Å². The van der Waals surface area contributed by atoms with Gasteiger partial charge in [-0.1, -0.05) is 0 Å². The molecule has 0 N–H and O–H groups in total. The van der Waals surface area contributed by atoms with Gasteiger partial charge in [-0.05, 0) is 0 Å². The second kappa shape index (κ2) is 1.54. The van der Waals surface area contributed by atoms with Gasteiger partial charge in [-0.3, -0.25) is 0 Å². The van der Waals surface area contributed by atoms with E-state index in [1.54, 1.807) is 9.23 Å². The van der Waals surface area contributed by atoms with Crippen molar-refractivity contribution in [3.63, 3.8) is 0 Å². The molecule has 0 spiro atoms.